The van der Waals surface area contributed by atoms with Gasteiger partial charge in [-0.2, -0.15) is 0 Å². The SMILES string of the molecule is Cc1ccc(OCCNS(=O)(=O)/C=C/c2ccccc2)cc1. The molecule has 0 fully saturated rings. The lowest BCUT2D eigenvalue weighted by Crippen LogP contribution is -2.26. The minimum absolute atomic E-state index is 0.218. The minimum Gasteiger partial charge on any atom is -0.492 e. The summed E-state index contributed by atoms with van der Waals surface area (Å²) in [7, 11) is -3.45. The molecule has 1 N–H and O–H groups in total. The van der Waals surface area contributed by atoms with Gasteiger partial charge >= 0.3 is 0 Å². The fourth-order valence-corrected chi connectivity index (χ4v) is 2.57. The van der Waals surface area contributed by atoms with Gasteiger partial charge in [-0.1, -0.05) is 48.0 Å². The van der Waals surface area contributed by atoms with Gasteiger partial charge in [0.2, 0.25) is 10.0 Å². The Kier molecular flexibility index (Phi) is 5.75. The highest BCUT2D eigenvalue weighted by molar-refractivity contribution is 7.92. The fourth-order valence-electron chi connectivity index (χ4n) is 1.77. The van der Waals surface area contributed by atoms with Crippen LogP contribution < -0.4 is 9.46 Å². The van der Waals surface area contributed by atoms with Crippen LogP contribution in [-0.2, 0) is 10.0 Å². The molecule has 0 aliphatic heterocycles. The second-order valence-electron chi connectivity index (χ2n) is 4.81. The molecular formula is C17H19NO3S. The summed E-state index contributed by atoms with van der Waals surface area (Å²) in [6.45, 7) is 2.49. The number of benzene rings is 2. The molecule has 0 aliphatic rings. The van der Waals surface area contributed by atoms with Crippen molar-refractivity contribution in [1.29, 1.82) is 0 Å². The van der Waals surface area contributed by atoms with Gasteiger partial charge in [0.15, 0.2) is 0 Å². The van der Waals surface area contributed by atoms with Crippen molar-refractivity contribution >= 4 is 16.1 Å². The van der Waals surface area contributed by atoms with Crippen LogP contribution in [0.5, 0.6) is 5.75 Å². The van der Waals surface area contributed by atoms with Crippen LogP contribution in [0.4, 0.5) is 0 Å². The molecule has 4 nitrogen and oxygen atoms in total. The molecule has 5 heteroatoms. The van der Waals surface area contributed by atoms with Crippen molar-refractivity contribution < 1.29 is 13.2 Å². The van der Waals surface area contributed by atoms with E-state index in [1.54, 1.807) is 6.08 Å². The second kappa shape index (κ2) is 7.77. The second-order valence-corrected chi connectivity index (χ2v) is 6.47. The zero-order valence-electron chi connectivity index (χ0n) is 12.4. The van der Waals surface area contributed by atoms with Crippen molar-refractivity contribution in [2.75, 3.05) is 13.2 Å². The van der Waals surface area contributed by atoms with E-state index in [-0.39, 0.29) is 13.2 Å². The van der Waals surface area contributed by atoms with Gasteiger partial charge in [0, 0.05) is 12.0 Å². The molecule has 0 bridgehead atoms. The molecule has 2 aromatic carbocycles. The fraction of sp³-hybridized carbons (Fsp3) is 0.176. The average molecular weight is 317 g/mol. The van der Waals surface area contributed by atoms with Crippen LogP contribution in [0.2, 0.25) is 0 Å². The molecule has 0 heterocycles. The molecule has 0 spiro atoms. The third kappa shape index (κ3) is 5.71. The van der Waals surface area contributed by atoms with Crippen LogP contribution in [0.1, 0.15) is 11.1 Å². The van der Waals surface area contributed by atoms with Gasteiger partial charge < -0.3 is 4.74 Å². The zero-order chi connectivity index (χ0) is 15.8. The van der Waals surface area contributed by atoms with Crippen molar-refractivity contribution in [3.63, 3.8) is 0 Å². The van der Waals surface area contributed by atoms with E-state index in [4.69, 9.17) is 4.74 Å². The topological polar surface area (TPSA) is 55.4 Å². The highest BCUT2D eigenvalue weighted by Gasteiger charge is 2.04. The first-order chi connectivity index (χ1) is 10.6. The highest BCUT2D eigenvalue weighted by atomic mass is 32.2. The Bertz CT molecular complexity index is 707. The summed E-state index contributed by atoms with van der Waals surface area (Å²) in [5.41, 5.74) is 1.99. The van der Waals surface area contributed by atoms with Crippen molar-refractivity contribution in [1.82, 2.24) is 4.72 Å². The van der Waals surface area contributed by atoms with Gasteiger partial charge in [-0.3, -0.25) is 0 Å². The molecule has 0 atom stereocenters. The Morgan fingerprint density at radius 3 is 2.41 bits per heavy atom. The van der Waals surface area contributed by atoms with Crippen molar-refractivity contribution in [2.24, 2.45) is 0 Å². The molecule has 0 amide bonds. The molecule has 0 saturated carbocycles. The molecule has 0 aliphatic carbocycles. The molecule has 22 heavy (non-hydrogen) atoms. The van der Waals surface area contributed by atoms with E-state index in [9.17, 15) is 8.42 Å². The molecule has 0 saturated heterocycles. The predicted octanol–water partition coefficient (Wildman–Crippen LogP) is 2.96. The van der Waals surface area contributed by atoms with Gasteiger partial charge in [0.25, 0.3) is 0 Å². The molecule has 2 aromatic rings. The summed E-state index contributed by atoms with van der Waals surface area (Å²) in [6, 6.07) is 16.9. The molecular weight excluding hydrogens is 298 g/mol. The summed E-state index contributed by atoms with van der Waals surface area (Å²) < 4.78 is 31.6. The van der Waals surface area contributed by atoms with E-state index in [2.05, 4.69) is 4.72 Å². The number of aryl methyl sites for hydroxylation is 1. The Morgan fingerprint density at radius 1 is 1.05 bits per heavy atom. The maximum absolute atomic E-state index is 11.8. The van der Waals surface area contributed by atoms with Gasteiger partial charge in [-0.25, -0.2) is 13.1 Å². The Labute approximate surface area is 131 Å². The first-order valence-electron chi connectivity index (χ1n) is 6.97. The number of hydrogen-bond acceptors (Lipinski definition) is 3. The summed E-state index contributed by atoms with van der Waals surface area (Å²) in [5, 5.41) is 1.16. The largest absolute Gasteiger partial charge is 0.492 e. The first kappa shape index (κ1) is 16.3. The van der Waals surface area contributed by atoms with Crippen LogP contribution in [0.3, 0.4) is 0 Å². The maximum atomic E-state index is 11.8. The predicted molar refractivity (Wildman–Crippen MR) is 89.1 cm³/mol. The normalized spacial score (nSPS) is 11.7. The Hall–Kier alpha value is -2.11. The molecule has 0 unspecified atom stereocenters. The van der Waals surface area contributed by atoms with E-state index < -0.39 is 10.0 Å². The van der Waals surface area contributed by atoms with Gasteiger partial charge in [-0.05, 0) is 30.7 Å². The Morgan fingerprint density at radius 2 is 1.73 bits per heavy atom. The van der Waals surface area contributed by atoms with E-state index in [1.807, 2.05) is 61.5 Å². The molecule has 0 radical (unpaired) electrons. The number of rotatable bonds is 7. The molecule has 0 aromatic heterocycles. The van der Waals surface area contributed by atoms with Crippen LogP contribution in [0.15, 0.2) is 60.0 Å². The van der Waals surface area contributed by atoms with Gasteiger partial charge in [0.05, 0.1) is 0 Å². The number of hydrogen-bond donors (Lipinski definition) is 1. The number of sulfonamides is 1. The molecule has 116 valence electrons. The first-order valence-corrected chi connectivity index (χ1v) is 8.52. The maximum Gasteiger partial charge on any atom is 0.233 e. The smallest absolute Gasteiger partial charge is 0.233 e. The summed E-state index contributed by atoms with van der Waals surface area (Å²) in [6.07, 6.45) is 1.56. The van der Waals surface area contributed by atoms with E-state index in [0.717, 1.165) is 22.3 Å². The number of nitrogens with one attached hydrogen (secondary N) is 1. The highest BCUT2D eigenvalue weighted by Crippen LogP contribution is 2.10. The van der Waals surface area contributed by atoms with Crippen LogP contribution in [-0.4, -0.2) is 21.6 Å². The monoisotopic (exact) mass is 317 g/mol. The lowest BCUT2D eigenvalue weighted by molar-refractivity contribution is 0.323. The van der Waals surface area contributed by atoms with Crippen LogP contribution in [0, 0.1) is 6.92 Å². The lowest BCUT2D eigenvalue weighted by Gasteiger charge is -2.07. The van der Waals surface area contributed by atoms with Gasteiger partial charge in [-0.15, -0.1) is 0 Å². The lowest BCUT2D eigenvalue weighted by atomic mass is 10.2. The van der Waals surface area contributed by atoms with E-state index in [1.165, 1.54) is 0 Å². The molecule has 2 rings (SSSR count). The summed E-state index contributed by atoms with van der Waals surface area (Å²) in [4.78, 5) is 0. The van der Waals surface area contributed by atoms with Crippen LogP contribution in [0.25, 0.3) is 6.08 Å². The third-order valence-electron chi connectivity index (χ3n) is 2.93. The van der Waals surface area contributed by atoms with Crippen molar-refractivity contribution in [3.8, 4) is 5.75 Å². The van der Waals surface area contributed by atoms with E-state index >= 15 is 0 Å². The minimum atomic E-state index is -3.45. The van der Waals surface area contributed by atoms with Crippen molar-refractivity contribution in [2.45, 2.75) is 6.92 Å². The van der Waals surface area contributed by atoms with Crippen molar-refractivity contribution in [3.05, 3.63) is 71.1 Å². The quantitative estimate of drug-likeness (QED) is 0.799. The Balaban J connectivity index is 1.78. The number of ether oxygens (including phenoxy) is 1. The van der Waals surface area contributed by atoms with E-state index in [0.29, 0.717) is 0 Å². The zero-order valence-corrected chi connectivity index (χ0v) is 13.2. The third-order valence-corrected chi connectivity index (χ3v) is 4.04. The van der Waals surface area contributed by atoms with Crippen LogP contribution >= 0.6 is 0 Å². The summed E-state index contributed by atoms with van der Waals surface area (Å²) in [5.74, 6) is 0.727. The average Bonchev–Trinajstić information content (AvgIpc) is 2.52. The summed E-state index contributed by atoms with van der Waals surface area (Å²) >= 11 is 0. The standard InChI is InChI=1S/C17H19NO3S/c1-15-7-9-17(10-8-15)21-13-12-18-22(19,20)14-11-16-5-3-2-4-6-16/h2-11,14,18H,12-13H2,1H3/b14-11+. The van der Waals surface area contributed by atoms with Gasteiger partial charge in [0.1, 0.15) is 12.4 Å².